The second-order valence-corrected chi connectivity index (χ2v) is 8.07. The quantitative estimate of drug-likeness (QED) is 0.603. The van der Waals surface area contributed by atoms with E-state index in [0.29, 0.717) is 34.3 Å². The van der Waals surface area contributed by atoms with E-state index in [0.717, 1.165) is 0 Å². The lowest BCUT2D eigenvalue weighted by molar-refractivity contribution is 0.0769. The lowest BCUT2D eigenvalue weighted by Gasteiger charge is -2.20. The number of carbonyl (C=O) groups is 1. The molecule has 0 aliphatic rings. The van der Waals surface area contributed by atoms with Crippen LogP contribution in [0.25, 0.3) is 11.4 Å². The van der Waals surface area contributed by atoms with Gasteiger partial charge in [0.2, 0.25) is 11.7 Å². The number of carbonyl (C=O) groups excluding carboxylic acids is 1. The molecular weight excluding hydrogens is 382 g/mol. The fraction of sp³-hybridized carbons (Fsp3) is 0.348. The molecule has 158 valence electrons. The zero-order chi connectivity index (χ0) is 21.9. The molecule has 30 heavy (non-hydrogen) atoms. The third kappa shape index (κ3) is 4.62. The van der Waals surface area contributed by atoms with E-state index in [9.17, 15) is 4.79 Å². The van der Waals surface area contributed by atoms with Crippen molar-refractivity contribution in [3.05, 3.63) is 59.5 Å². The number of aromatic nitrogens is 2. The number of benzene rings is 2. The molecule has 0 aliphatic heterocycles. The summed E-state index contributed by atoms with van der Waals surface area (Å²) in [6, 6.07) is 13.0. The number of hydrogen-bond donors (Lipinski definition) is 0. The number of hydrogen-bond acceptors (Lipinski definition) is 6. The summed E-state index contributed by atoms with van der Waals surface area (Å²) in [4.78, 5) is 18.7. The zero-order valence-electron chi connectivity index (χ0n) is 18.2. The molecule has 0 saturated heterocycles. The monoisotopic (exact) mass is 409 g/mol. The van der Waals surface area contributed by atoms with E-state index < -0.39 is 0 Å². The molecule has 1 heterocycles. The Hall–Kier alpha value is -3.35. The Morgan fingerprint density at radius 1 is 1.07 bits per heavy atom. The van der Waals surface area contributed by atoms with Gasteiger partial charge in [-0.15, -0.1) is 0 Å². The summed E-state index contributed by atoms with van der Waals surface area (Å²) >= 11 is 0. The van der Waals surface area contributed by atoms with Gasteiger partial charge in [0, 0.05) is 18.7 Å². The van der Waals surface area contributed by atoms with Crippen LogP contribution in [0, 0.1) is 0 Å². The summed E-state index contributed by atoms with van der Waals surface area (Å²) in [5.41, 5.74) is 2.51. The molecule has 0 saturated carbocycles. The minimum absolute atomic E-state index is 0.0378. The van der Waals surface area contributed by atoms with Crippen molar-refractivity contribution in [1.82, 2.24) is 15.0 Å². The highest BCUT2D eigenvalue weighted by atomic mass is 16.5. The summed E-state index contributed by atoms with van der Waals surface area (Å²) in [5, 5.41) is 4.03. The molecule has 3 rings (SSSR count). The van der Waals surface area contributed by atoms with E-state index in [1.165, 1.54) is 5.56 Å². The fourth-order valence-electron chi connectivity index (χ4n) is 3.02. The third-order valence-corrected chi connectivity index (χ3v) is 4.83. The highest BCUT2D eigenvalue weighted by Crippen LogP contribution is 2.31. The first kappa shape index (κ1) is 21.4. The lowest BCUT2D eigenvalue weighted by atomic mass is 9.86. The van der Waals surface area contributed by atoms with E-state index in [1.54, 1.807) is 44.4 Å². The van der Waals surface area contributed by atoms with Crippen LogP contribution in [0.3, 0.4) is 0 Å². The standard InChI is InChI=1S/C23H27N3O4/c1-23(2,3)16-9-7-15(8-10-16)22(27)26(4)14-20-24-21(25-30-20)18-12-11-17(28-5)13-19(18)29-6/h7-13H,14H2,1-6H3. The van der Waals surface area contributed by atoms with Crippen LogP contribution in [0.5, 0.6) is 11.5 Å². The Morgan fingerprint density at radius 3 is 2.37 bits per heavy atom. The molecule has 0 N–H and O–H groups in total. The predicted octanol–water partition coefficient (Wildman–Crippen LogP) is 4.32. The van der Waals surface area contributed by atoms with Gasteiger partial charge in [-0.1, -0.05) is 38.1 Å². The van der Waals surface area contributed by atoms with Crippen LogP contribution >= 0.6 is 0 Å². The second-order valence-electron chi connectivity index (χ2n) is 8.07. The van der Waals surface area contributed by atoms with Gasteiger partial charge in [-0.2, -0.15) is 4.98 Å². The molecule has 0 spiro atoms. The summed E-state index contributed by atoms with van der Waals surface area (Å²) in [7, 11) is 4.86. The Kier molecular flexibility index (Phi) is 6.10. The first-order valence-corrected chi connectivity index (χ1v) is 9.64. The average molecular weight is 409 g/mol. The maximum Gasteiger partial charge on any atom is 0.254 e. The van der Waals surface area contributed by atoms with Crippen LogP contribution in [-0.4, -0.2) is 42.2 Å². The molecule has 0 aliphatic carbocycles. The van der Waals surface area contributed by atoms with Crippen LogP contribution in [0.4, 0.5) is 0 Å². The van der Waals surface area contributed by atoms with E-state index in [4.69, 9.17) is 14.0 Å². The zero-order valence-corrected chi connectivity index (χ0v) is 18.2. The summed E-state index contributed by atoms with van der Waals surface area (Å²) < 4.78 is 16.0. The molecule has 0 unspecified atom stereocenters. The summed E-state index contributed by atoms with van der Waals surface area (Å²) in [5.74, 6) is 1.86. The molecule has 0 radical (unpaired) electrons. The molecule has 0 bridgehead atoms. The molecule has 3 aromatic rings. The van der Waals surface area contributed by atoms with E-state index in [1.807, 2.05) is 24.3 Å². The highest BCUT2D eigenvalue weighted by Gasteiger charge is 2.19. The van der Waals surface area contributed by atoms with Crippen LogP contribution in [0.15, 0.2) is 47.0 Å². The van der Waals surface area contributed by atoms with Gasteiger partial charge in [-0.05, 0) is 35.2 Å². The molecule has 7 heteroatoms. The van der Waals surface area contributed by atoms with Gasteiger partial charge < -0.3 is 18.9 Å². The van der Waals surface area contributed by atoms with Crippen molar-refractivity contribution < 1.29 is 18.8 Å². The minimum Gasteiger partial charge on any atom is -0.497 e. The molecule has 0 fully saturated rings. The first-order valence-electron chi connectivity index (χ1n) is 9.64. The van der Waals surface area contributed by atoms with Gasteiger partial charge in [0.1, 0.15) is 11.5 Å². The Morgan fingerprint density at radius 2 is 1.77 bits per heavy atom. The van der Waals surface area contributed by atoms with Gasteiger partial charge >= 0.3 is 0 Å². The number of amides is 1. The van der Waals surface area contributed by atoms with Crippen molar-refractivity contribution in [2.24, 2.45) is 0 Å². The maximum atomic E-state index is 12.8. The summed E-state index contributed by atoms with van der Waals surface area (Å²) in [6.07, 6.45) is 0. The van der Waals surface area contributed by atoms with Crippen molar-refractivity contribution in [2.75, 3.05) is 21.3 Å². The lowest BCUT2D eigenvalue weighted by Crippen LogP contribution is -2.26. The number of rotatable bonds is 6. The topological polar surface area (TPSA) is 77.7 Å². The average Bonchev–Trinajstić information content (AvgIpc) is 3.20. The van der Waals surface area contributed by atoms with Crippen LogP contribution in [0.2, 0.25) is 0 Å². The molecule has 0 atom stereocenters. The third-order valence-electron chi connectivity index (χ3n) is 4.83. The van der Waals surface area contributed by atoms with Crippen molar-refractivity contribution in [1.29, 1.82) is 0 Å². The van der Waals surface area contributed by atoms with Crippen molar-refractivity contribution in [3.8, 4) is 22.9 Å². The van der Waals surface area contributed by atoms with E-state index in [-0.39, 0.29) is 17.9 Å². The van der Waals surface area contributed by atoms with E-state index >= 15 is 0 Å². The normalized spacial score (nSPS) is 11.3. The van der Waals surface area contributed by atoms with Gasteiger partial charge in [0.05, 0.1) is 26.3 Å². The second kappa shape index (κ2) is 8.57. The Balaban J connectivity index is 1.73. The van der Waals surface area contributed by atoms with Crippen molar-refractivity contribution in [3.63, 3.8) is 0 Å². The maximum absolute atomic E-state index is 12.8. The van der Waals surface area contributed by atoms with Crippen LogP contribution in [0.1, 0.15) is 42.6 Å². The highest BCUT2D eigenvalue weighted by molar-refractivity contribution is 5.94. The van der Waals surface area contributed by atoms with Gasteiger partial charge in [0.15, 0.2) is 0 Å². The molecule has 1 aromatic heterocycles. The van der Waals surface area contributed by atoms with Crippen molar-refractivity contribution in [2.45, 2.75) is 32.7 Å². The van der Waals surface area contributed by atoms with Crippen LogP contribution in [-0.2, 0) is 12.0 Å². The molecule has 2 aromatic carbocycles. The smallest absolute Gasteiger partial charge is 0.254 e. The Labute approximate surface area is 176 Å². The first-order chi connectivity index (χ1) is 14.2. The minimum atomic E-state index is -0.114. The van der Waals surface area contributed by atoms with E-state index in [2.05, 4.69) is 30.9 Å². The van der Waals surface area contributed by atoms with Gasteiger partial charge in [-0.25, -0.2) is 0 Å². The Bertz CT molecular complexity index is 1020. The fourth-order valence-corrected chi connectivity index (χ4v) is 3.02. The number of nitrogens with zero attached hydrogens (tertiary/aromatic N) is 3. The SMILES string of the molecule is COc1ccc(-c2noc(CN(C)C(=O)c3ccc(C(C)(C)C)cc3)n2)c(OC)c1. The molecule has 1 amide bonds. The predicted molar refractivity (Wildman–Crippen MR) is 114 cm³/mol. The van der Waals surface area contributed by atoms with Crippen LogP contribution < -0.4 is 9.47 Å². The molecule has 7 nitrogen and oxygen atoms in total. The van der Waals surface area contributed by atoms with Gasteiger partial charge in [0.25, 0.3) is 5.91 Å². The van der Waals surface area contributed by atoms with Gasteiger partial charge in [-0.3, -0.25) is 4.79 Å². The molecular formula is C23H27N3O4. The number of methoxy groups -OCH3 is 2. The largest absolute Gasteiger partial charge is 0.497 e. The number of ether oxygens (including phenoxy) is 2. The summed E-state index contributed by atoms with van der Waals surface area (Å²) in [6.45, 7) is 6.62. The van der Waals surface area contributed by atoms with Crippen molar-refractivity contribution >= 4 is 5.91 Å².